The normalized spacial score (nSPS) is 19.1. The number of nitrogens with one attached hydrogen (secondary N) is 1. The third-order valence-electron chi connectivity index (χ3n) is 4.18. The van der Waals surface area contributed by atoms with Gasteiger partial charge in [0.2, 0.25) is 6.79 Å². The minimum atomic E-state index is -0.574. The Balaban J connectivity index is 1.59. The Morgan fingerprint density at radius 1 is 1.18 bits per heavy atom. The maximum Gasteiger partial charge on any atom is 0.321 e. The van der Waals surface area contributed by atoms with Gasteiger partial charge in [-0.05, 0) is 12.1 Å². The van der Waals surface area contributed by atoms with Crippen LogP contribution < -0.4 is 14.8 Å². The molecule has 7 heteroatoms. The van der Waals surface area contributed by atoms with Gasteiger partial charge < -0.3 is 29.2 Å². The molecule has 0 unspecified atom stereocenters. The van der Waals surface area contributed by atoms with Crippen LogP contribution in [0.1, 0.15) is 12.8 Å². The van der Waals surface area contributed by atoms with Crippen molar-refractivity contribution in [3.63, 3.8) is 0 Å². The van der Waals surface area contributed by atoms with E-state index in [1.807, 2.05) is 0 Å². The van der Waals surface area contributed by atoms with Gasteiger partial charge in [0.25, 0.3) is 0 Å². The van der Waals surface area contributed by atoms with Crippen molar-refractivity contribution in [1.82, 2.24) is 4.90 Å². The molecule has 0 atom stereocenters. The number of amides is 2. The first-order chi connectivity index (χ1) is 10.7. The number of piperidine rings is 1. The first-order valence-corrected chi connectivity index (χ1v) is 7.22. The second kappa shape index (κ2) is 6.02. The smallest absolute Gasteiger partial charge is 0.321 e. The molecule has 0 radical (unpaired) electrons. The Bertz CT molecular complexity index is 549. The highest BCUT2D eigenvalue weighted by atomic mass is 16.7. The largest absolute Gasteiger partial charge is 0.454 e. The molecule has 0 bridgehead atoms. The van der Waals surface area contributed by atoms with E-state index in [1.165, 1.54) is 0 Å². The molecule has 2 aliphatic rings. The van der Waals surface area contributed by atoms with E-state index in [9.17, 15) is 4.79 Å². The van der Waals surface area contributed by atoms with Crippen molar-refractivity contribution in [2.24, 2.45) is 0 Å². The highest BCUT2D eigenvalue weighted by Gasteiger charge is 2.36. The minimum absolute atomic E-state index is 0.139. The molecular formula is C15H20N2O5. The molecule has 2 amide bonds. The Morgan fingerprint density at radius 3 is 2.55 bits per heavy atom. The first-order valence-electron chi connectivity index (χ1n) is 7.22. The Hall–Kier alpha value is -1.99. The van der Waals surface area contributed by atoms with Crippen LogP contribution >= 0.6 is 0 Å². The predicted molar refractivity (Wildman–Crippen MR) is 79.1 cm³/mol. The van der Waals surface area contributed by atoms with Crippen molar-refractivity contribution in [3.05, 3.63) is 18.2 Å². The van der Waals surface area contributed by atoms with Gasteiger partial charge >= 0.3 is 6.03 Å². The summed E-state index contributed by atoms with van der Waals surface area (Å²) in [6.07, 6.45) is 1.29. The van der Waals surface area contributed by atoms with Crippen molar-refractivity contribution in [2.75, 3.05) is 39.4 Å². The summed E-state index contributed by atoms with van der Waals surface area (Å²) in [5, 5.41) is 2.87. The van der Waals surface area contributed by atoms with Crippen molar-refractivity contribution in [2.45, 2.75) is 18.6 Å². The van der Waals surface area contributed by atoms with Gasteiger partial charge in [-0.25, -0.2) is 4.79 Å². The van der Waals surface area contributed by atoms with E-state index >= 15 is 0 Å². The molecule has 3 rings (SSSR count). The second-order valence-corrected chi connectivity index (χ2v) is 5.30. The number of benzene rings is 1. The van der Waals surface area contributed by atoms with Crippen LogP contribution in [-0.4, -0.2) is 50.8 Å². The summed E-state index contributed by atoms with van der Waals surface area (Å²) < 4.78 is 21.4. The molecular weight excluding hydrogens is 288 g/mol. The number of carbonyl (C=O) groups excluding carboxylic acids is 1. The molecule has 120 valence electrons. The SMILES string of the molecule is COC1(OC)CCN(C(=O)Nc2ccc3c(c2)OCO3)CC1. The van der Waals surface area contributed by atoms with Crippen LogP contribution in [-0.2, 0) is 9.47 Å². The van der Waals surface area contributed by atoms with Gasteiger partial charge in [0, 0.05) is 51.9 Å². The molecule has 1 fully saturated rings. The number of hydrogen-bond acceptors (Lipinski definition) is 5. The lowest BCUT2D eigenvalue weighted by Crippen LogP contribution is -2.49. The van der Waals surface area contributed by atoms with Crippen LogP contribution in [0.3, 0.4) is 0 Å². The summed E-state index contributed by atoms with van der Waals surface area (Å²) in [4.78, 5) is 14.1. The van der Waals surface area contributed by atoms with E-state index in [0.29, 0.717) is 43.1 Å². The Labute approximate surface area is 129 Å². The first kappa shape index (κ1) is 14.9. The maximum absolute atomic E-state index is 12.3. The summed E-state index contributed by atoms with van der Waals surface area (Å²) in [6, 6.07) is 5.21. The molecule has 1 N–H and O–H groups in total. The molecule has 1 aromatic rings. The number of carbonyl (C=O) groups is 1. The minimum Gasteiger partial charge on any atom is -0.454 e. The highest BCUT2D eigenvalue weighted by molar-refractivity contribution is 5.89. The molecule has 2 heterocycles. The van der Waals surface area contributed by atoms with Gasteiger partial charge in [0.1, 0.15) is 0 Å². The Morgan fingerprint density at radius 2 is 1.86 bits per heavy atom. The molecule has 1 aromatic carbocycles. The van der Waals surface area contributed by atoms with Crippen molar-refractivity contribution in [3.8, 4) is 11.5 Å². The number of nitrogens with zero attached hydrogens (tertiary/aromatic N) is 1. The van der Waals surface area contributed by atoms with Crippen LogP contribution in [0.4, 0.5) is 10.5 Å². The number of rotatable bonds is 3. The zero-order chi connectivity index (χ0) is 15.6. The molecule has 0 spiro atoms. The summed E-state index contributed by atoms with van der Waals surface area (Å²) >= 11 is 0. The van der Waals surface area contributed by atoms with Crippen molar-refractivity contribution >= 4 is 11.7 Å². The van der Waals surface area contributed by atoms with E-state index in [2.05, 4.69) is 5.32 Å². The quantitative estimate of drug-likeness (QED) is 0.865. The fourth-order valence-corrected chi connectivity index (χ4v) is 2.72. The number of urea groups is 1. The fraction of sp³-hybridized carbons (Fsp3) is 0.533. The van der Waals surface area contributed by atoms with E-state index in [0.717, 1.165) is 0 Å². The molecule has 0 saturated carbocycles. The van der Waals surface area contributed by atoms with Crippen LogP contribution in [0, 0.1) is 0 Å². The lowest BCUT2D eigenvalue weighted by Gasteiger charge is -2.39. The fourth-order valence-electron chi connectivity index (χ4n) is 2.72. The van der Waals surface area contributed by atoms with E-state index in [4.69, 9.17) is 18.9 Å². The van der Waals surface area contributed by atoms with E-state index in [-0.39, 0.29) is 12.8 Å². The summed E-state index contributed by atoms with van der Waals surface area (Å²) in [7, 11) is 3.26. The van der Waals surface area contributed by atoms with Gasteiger partial charge in [-0.3, -0.25) is 0 Å². The molecule has 1 saturated heterocycles. The number of fused-ring (bicyclic) bond motifs is 1. The summed E-state index contributed by atoms with van der Waals surface area (Å²) in [5.41, 5.74) is 0.685. The van der Waals surface area contributed by atoms with Gasteiger partial charge in [-0.1, -0.05) is 0 Å². The summed E-state index contributed by atoms with van der Waals surface area (Å²) in [6.45, 7) is 1.38. The molecule has 0 aromatic heterocycles. The number of hydrogen-bond donors (Lipinski definition) is 1. The lowest BCUT2D eigenvalue weighted by molar-refractivity contribution is -0.226. The van der Waals surface area contributed by atoms with Crippen LogP contribution in [0.15, 0.2) is 18.2 Å². The third-order valence-corrected chi connectivity index (χ3v) is 4.18. The molecule has 7 nitrogen and oxygen atoms in total. The topological polar surface area (TPSA) is 69.3 Å². The average Bonchev–Trinajstić information content (AvgIpc) is 3.02. The van der Waals surface area contributed by atoms with E-state index < -0.39 is 5.79 Å². The van der Waals surface area contributed by atoms with Gasteiger partial charge in [0.15, 0.2) is 17.3 Å². The predicted octanol–water partition coefficient (Wildman–Crippen LogP) is 2.03. The zero-order valence-corrected chi connectivity index (χ0v) is 12.8. The van der Waals surface area contributed by atoms with Crippen LogP contribution in [0.25, 0.3) is 0 Å². The van der Waals surface area contributed by atoms with Gasteiger partial charge in [-0.15, -0.1) is 0 Å². The van der Waals surface area contributed by atoms with Crippen LogP contribution in [0.2, 0.25) is 0 Å². The number of ether oxygens (including phenoxy) is 4. The van der Waals surface area contributed by atoms with Gasteiger partial charge in [0.05, 0.1) is 0 Å². The van der Waals surface area contributed by atoms with Gasteiger partial charge in [-0.2, -0.15) is 0 Å². The lowest BCUT2D eigenvalue weighted by atomic mass is 10.0. The maximum atomic E-state index is 12.3. The highest BCUT2D eigenvalue weighted by Crippen LogP contribution is 2.34. The summed E-state index contributed by atoms with van der Waals surface area (Å²) in [5.74, 6) is 0.769. The molecule has 0 aliphatic carbocycles. The third kappa shape index (κ3) is 2.82. The standard InChI is InChI=1S/C15H20N2O5/c1-19-15(20-2)5-7-17(8-6-15)14(18)16-11-3-4-12-13(9-11)22-10-21-12/h3-4,9H,5-8,10H2,1-2H3,(H,16,18). The Kier molecular flexibility index (Phi) is 4.08. The zero-order valence-electron chi connectivity index (χ0n) is 12.8. The van der Waals surface area contributed by atoms with Crippen LogP contribution in [0.5, 0.6) is 11.5 Å². The molecule has 2 aliphatic heterocycles. The number of likely N-dealkylation sites (tertiary alicyclic amines) is 1. The van der Waals surface area contributed by atoms with Crippen molar-refractivity contribution in [1.29, 1.82) is 0 Å². The number of methoxy groups -OCH3 is 2. The number of anilines is 1. The monoisotopic (exact) mass is 308 g/mol. The average molecular weight is 308 g/mol. The second-order valence-electron chi connectivity index (χ2n) is 5.30. The molecule has 22 heavy (non-hydrogen) atoms. The van der Waals surface area contributed by atoms with Crippen molar-refractivity contribution < 1.29 is 23.7 Å². The van der Waals surface area contributed by atoms with E-state index in [1.54, 1.807) is 37.3 Å².